The molecule has 0 aromatic heterocycles. The van der Waals surface area contributed by atoms with Crippen molar-refractivity contribution in [2.45, 2.75) is 5.92 Å². The summed E-state index contributed by atoms with van der Waals surface area (Å²) in [5, 5.41) is 7.53. The summed E-state index contributed by atoms with van der Waals surface area (Å²) in [5.74, 6) is 0.232. The van der Waals surface area contributed by atoms with Gasteiger partial charge in [0.2, 0.25) is 0 Å². The predicted molar refractivity (Wildman–Crippen MR) is 59.7 cm³/mol. The van der Waals surface area contributed by atoms with Crippen molar-refractivity contribution in [1.82, 2.24) is 4.90 Å². The van der Waals surface area contributed by atoms with Gasteiger partial charge in [0.05, 0.1) is 11.8 Å². The summed E-state index contributed by atoms with van der Waals surface area (Å²) in [6.45, 7) is 0.777. The van der Waals surface area contributed by atoms with Crippen molar-refractivity contribution in [1.29, 1.82) is 5.41 Å². The summed E-state index contributed by atoms with van der Waals surface area (Å²) in [6, 6.07) is 9.93. The molecule has 1 aromatic carbocycles. The van der Waals surface area contributed by atoms with Crippen molar-refractivity contribution in [2.75, 3.05) is 20.6 Å². The lowest BCUT2D eigenvalue weighted by molar-refractivity contribution is 0.401. The molecule has 3 nitrogen and oxygen atoms in total. The van der Waals surface area contributed by atoms with E-state index in [-0.39, 0.29) is 11.8 Å². The van der Waals surface area contributed by atoms with Gasteiger partial charge in [-0.25, -0.2) is 0 Å². The molecular formula is C11H17N3. The molecule has 3 heteroatoms. The Morgan fingerprint density at radius 2 is 1.93 bits per heavy atom. The highest BCUT2D eigenvalue weighted by Gasteiger charge is 2.14. The molecule has 0 fully saturated rings. The molecule has 0 aliphatic rings. The molecule has 0 spiro atoms. The zero-order chi connectivity index (χ0) is 10.6. The number of hydrogen-bond donors (Lipinski definition) is 2. The Morgan fingerprint density at radius 1 is 1.36 bits per heavy atom. The first-order valence-electron chi connectivity index (χ1n) is 4.65. The number of nitrogens with two attached hydrogens (primary N) is 1. The highest BCUT2D eigenvalue weighted by Crippen LogP contribution is 2.15. The van der Waals surface area contributed by atoms with E-state index in [4.69, 9.17) is 11.1 Å². The summed E-state index contributed by atoms with van der Waals surface area (Å²) in [7, 11) is 3.97. The molecule has 14 heavy (non-hydrogen) atoms. The highest BCUT2D eigenvalue weighted by atomic mass is 15.1. The molecule has 0 heterocycles. The first kappa shape index (κ1) is 10.7. The van der Waals surface area contributed by atoms with Crippen LogP contribution in [0.3, 0.4) is 0 Å². The molecule has 0 amide bonds. The summed E-state index contributed by atoms with van der Waals surface area (Å²) in [6.07, 6.45) is 0. The van der Waals surface area contributed by atoms with E-state index < -0.39 is 0 Å². The van der Waals surface area contributed by atoms with Crippen molar-refractivity contribution < 1.29 is 0 Å². The quantitative estimate of drug-likeness (QED) is 0.556. The fraction of sp³-hybridized carbons (Fsp3) is 0.364. The average Bonchev–Trinajstić information content (AvgIpc) is 2.15. The molecule has 1 unspecified atom stereocenters. The minimum atomic E-state index is 0.00574. The normalized spacial score (nSPS) is 12.8. The first-order chi connectivity index (χ1) is 6.61. The Bertz CT molecular complexity index is 293. The third-order valence-electron chi connectivity index (χ3n) is 2.13. The largest absolute Gasteiger partial charge is 0.387 e. The molecule has 76 valence electrons. The van der Waals surface area contributed by atoms with Crippen LogP contribution in [0.1, 0.15) is 11.5 Å². The fourth-order valence-corrected chi connectivity index (χ4v) is 1.43. The van der Waals surface area contributed by atoms with E-state index in [1.807, 2.05) is 49.3 Å². The van der Waals surface area contributed by atoms with Gasteiger partial charge < -0.3 is 10.6 Å². The maximum absolute atomic E-state index is 7.53. The topological polar surface area (TPSA) is 53.1 Å². The summed E-state index contributed by atoms with van der Waals surface area (Å²) in [4.78, 5) is 2.04. The molecule has 0 radical (unpaired) electrons. The van der Waals surface area contributed by atoms with Crippen LogP contribution in [0.5, 0.6) is 0 Å². The lowest BCUT2D eigenvalue weighted by atomic mass is 9.98. The van der Waals surface area contributed by atoms with Gasteiger partial charge in [-0.2, -0.15) is 0 Å². The zero-order valence-corrected chi connectivity index (χ0v) is 8.70. The van der Waals surface area contributed by atoms with Gasteiger partial charge in [-0.1, -0.05) is 30.3 Å². The predicted octanol–water partition coefficient (Wildman–Crippen LogP) is 1.27. The second-order valence-corrected chi connectivity index (χ2v) is 3.68. The van der Waals surface area contributed by atoms with Crippen LogP contribution in [0.4, 0.5) is 0 Å². The van der Waals surface area contributed by atoms with E-state index in [1.54, 1.807) is 0 Å². The van der Waals surface area contributed by atoms with Gasteiger partial charge >= 0.3 is 0 Å². The third kappa shape index (κ3) is 2.85. The first-order valence-corrected chi connectivity index (χ1v) is 4.65. The van der Waals surface area contributed by atoms with Gasteiger partial charge in [0.25, 0.3) is 0 Å². The zero-order valence-electron chi connectivity index (χ0n) is 8.70. The van der Waals surface area contributed by atoms with Crippen LogP contribution < -0.4 is 5.73 Å². The van der Waals surface area contributed by atoms with Crippen LogP contribution in [0.2, 0.25) is 0 Å². The second-order valence-electron chi connectivity index (χ2n) is 3.68. The minimum Gasteiger partial charge on any atom is -0.387 e. The Balaban J connectivity index is 2.84. The number of hydrogen-bond acceptors (Lipinski definition) is 2. The lowest BCUT2D eigenvalue weighted by Gasteiger charge is -2.20. The SMILES string of the molecule is CN(C)CC(C(=N)N)c1ccccc1. The molecule has 0 aliphatic heterocycles. The molecule has 0 saturated heterocycles. The van der Waals surface area contributed by atoms with Crippen molar-refractivity contribution in [2.24, 2.45) is 5.73 Å². The van der Waals surface area contributed by atoms with Gasteiger partial charge in [0.1, 0.15) is 0 Å². The van der Waals surface area contributed by atoms with Gasteiger partial charge in [0, 0.05) is 6.54 Å². The monoisotopic (exact) mass is 191 g/mol. The molecule has 1 rings (SSSR count). The molecule has 3 N–H and O–H groups in total. The Kier molecular flexibility index (Phi) is 3.65. The average molecular weight is 191 g/mol. The fourth-order valence-electron chi connectivity index (χ4n) is 1.43. The smallest absolute Gasteiger partial charge is 0.0995 e. The Hall–Kier alpha value is -1.35. The molecular weight excluding hydrogens is 174 g/mol. The molecule has 1 aromatic rings. The maximum atomic E-state index is 7.53. The number of rotatable bonds is 4. The molecule has 0 saturated carbocycles. The van der Waals surface area contributed by atoms with Crippen LogP contribution in [-0.2, 0) is 0 Å². The molecule has 1 atom stereocenters. The number of nitrogens with zero attached hydrogens (tertiary/aromatic N) is 1. The Labute approximate surface area is 85.0 Å². The van der Waals surface area contributed by atoms with E-state index >= 15 is 0 Å². The summed E-state index contributed by atoms with van der Waals surface area (Å²) in [5.41, 5.74) is 6.68. The van der Waals surface area contributed by atoms with Crippen molar-refractivity contribution >= 4 is 5.84 Å². The van der Waals surface area contributed by atoms with Gasteiger partial charge in [0.15, 0.2) is 0 Å². The Morgan fingerprint density at radius 3 is 2.36 bits per heavy atom. The van der Waals surface area contributed by atoms with Crippen LogP contribution in [-0.4, -0.2) is 31.4 Å². The van der Waals surface area contributed by atoms with Gasteiger partial charge in [-0.15, -0.1) is 0 Å². The molecule has 0 aliphatic carbocycles. The van der Waals surface area contributed by atoms with E-state index in [0.717, 1.165) is 12.1 Å². The van der Waals surface area contributed by atoms with Gasteiger partial charge in [-0.3, -0.25) is 5.41 Å². The summed E-state index contributed by atoms with van der Waals surface area (Å²) >= 11 is 0. The van der Waals surface area contributed by atoms with E-state index in [1.165, 1.54) is 0 Å². The third-order valence-corrected chi connectivity index (χ3v) is 2.13. The van der Waals surface area contributed by atoms with Crippen LogP contribution in [0, 0.1) is 5.41 Å². The van der Waals surface area contributed by atoms with Crippen LogP contribution >= 0.6 is 0 Å². The van der Waals surface area contributed by atoms with Crippen molar-refractivity contribution in [3.63, 3.8) is 0 Å². The van der Waals surface area contributed by atoms with E-state index in [9.17, 15) is 0 Å². The van der Waals surface area contributed by atoms with Crippen LogP contribution in [0.15, 0.2) is 30.3 Å². The number of amidine groups is 1. The lowest BCUT2D eigenvalue weighted by Crippen LogP contribution is -2.30. The van der Waals surface area contributed by atoms with Gasteiger partial charge in [-0.05, 0) is 19.7 Å². The summed E-state index contributed by atoms with van der Waals surface area (Å²) < 4.78 is 0. The number of likely N-dealkylation sites (N-methyl/N-ethyl adjacent to an activating group) is 1. The standard InChI is InChI=1S/C11H17N3/c1-14(2)8-10(11(12)13)9-6-4-3-5-7-9/h3-7,10H,8H2,1-2H3,(H3,12,13). The van der Waals surface area contributed by atoms with Crippen molar-refractivity contribution in [3.8, 4) is 0 Å². The van der Waals surface area contributed by atoms with E-state index in [2.05, 4.69) is 0 Å². The number of nitrogens with one attached hydrogen (secondary N) is 1. The van der Waals surface area contributed by atoms with Crippen molar-refractivity contribution in [3.05, 3.63) is 35.9 Å². The van der Waals surface area contributed by atoms with E-state index in [0.29, 0.717) is 0 Å². The number of benzene rings is 1. The maximum Gasteiger partial charge on any atom is 0.0995 e. The second kappa shape index (κ2) is 4.77. The highest BCUT2D eigenvalue weighted by molar-refractivity contribution is 5.84. The van der Waals surface area contributed by atoms with Crippen LogP contribution in [0.25, 0.3) is 0 Å². The molecule has 0 bridgehead atoms. The minimum absolute atomic E-state index is 0.00574.